The molecule has 0 N–H and O–H groups in total. The zero-order valence-corrected chi connectivity index (χ0v) is 10.5. The Morgan fingerprint density at radius 1 is 1.33 bits per heavy atom. The van der Waals surface area contributed by atoms with Crippen LogP contribution in [0.25, 0.3) is 0 Å². The van der Waals surface area contributed by atoms with Gasteiger partial charge in [-0.15, -0.1) is 0 Å². The zero-order valence-electron chi connectivity index (χ0n) is 10.5. The van der Waals surface area contributed by atoms with Crippen molar-refractivity contribution in [2.24, 2.45) is 0 Å². The molecule has 5 heteroatoms. The fraction of sp³-hybridized carbons (Fsp3) is 0.462. The van der Waals surface area contributed by atoms with E-state index in [1.165, 1.54) is 6.07 Å². The molecule has 0 bridgehead atoms. The lowest BCUT2D eigenvalue weighted by molar-refractivity contribution is -0.139. The van der Waals surface area contributed by atoms with Gasteiger partial charge in [-0.2, -0.15) is 13.2 Å². The minimum Gasteiger partial charge on any atom is -0.490 e. The summed E-state index contributed by atoms with van der Waals surface area (Å²) in [5.74, 6) is -0.505. The van der Waals surface area contributed by atoms with Crippen LogP contribution in [-0.4, -0.2) is 11.9 Å². The fourth-order valence-corrected chi connectivity index (χ4v) is 1.49. The normalized spacial score (nSPS) is 11.7. The molecular formula is C13H15F3O2. The van der Waals surface area contributed by atoms with Gasteiger partial charge in [0.15, 0.2) is 5.78 Å². The fourth-order valence-electron chi connectivity index (χ4n) is 1.49. The number of carbonyl (C=O) groups excluding carboxylic acids is 1. The smallest absolute Gasteiger partial charge is 0.419 e. The first kappa shape index (κ1) is 14.5. The summed E-state index contributed by atoms with van der Waals surface area (Å²) >= 11 is 0. The number of rotatable bonds is 4. The van der Waals surface area contributed by atoms with Crippen molar-refractivity contribution in [1.29, 1.82) is 0 Å². The van der Waals surface area contributed by atoms with Gasteiger partial charge >= 0.3 is 6.18 Å². The van der Waals surface area contributed by atoms with E-state index >= 15 is 0 Å². The van der Waals surface area contributed by atoms with Gasteiger partial charge in [0.2, 0.25) is 0 Å². The van der Waals surface area contributed by atoms with E-state index in [-0.39, 0.29) is 23.5 Å². The summed E-state index contributed by atoms with van der Waals surface area (Å²) in [7, 11) is 0. The molecule has 1 aromatic carbocycles. The predicted molar refractivity (Wildman–Crippen MR) is 61.8 cm³/mol. The monoisotopic (exact) mass is 260 g/mol. The Kier molecular flexibility index (Phi) is 4.38. The molecule has 0 amide bonds. The van der Waals surface area contributed by atoms with Gasteiger partial charge in [0.1, 0.15) is 5.75 Å². The van der Waals surface area contributed by atoms with E-state index < -0.39 is 17.8 Å². The molecule has 0 aliphatic carbocycles. The van der Waals surface area contributed by atoms with E-state index in [4.69, 9.17) is 4.74 Å². The summed E-state index contributed by atoms with van der Waals surface area (Å²) in [6.45, 7) is 4.92. The van der Waals surface area contributed by atoms with E-state index in [1.807, 2.05) is 0 Å². The first-order valence-electron chi connectivity index (χ1n) is 5.66. The number of Topliss-reactive ketones (excluding diaryl/α,β-unsaturated/α-hetero) is 1. The molecular weight excluding hydrogens is 245 g/mol. The lowest BCUT2D eigenvalue weighted by atomic mass is 10.1. The molecule has 0 aliphatic rings. The molecule has 0 spiro atoms. The largest absolute Gasteiger partial charge is 0.490 e. The number of ether oxygens (including phenoxy) is 1. The first-order chi connectivity index (χ1) is 8.25. The number of ketones is 1. The third kappa shape index (κ3) is 3.48. The minimum absolute atomic E-state index is 0.211. The predicted octanol–water partition coefficient (Wildman–Crippen LogP) is 4.09. The molecule has 0 heterocycles. The van der Waals surface area contributed by atoms with E-state index in [9.17, 15) is 18.0 Å². The summed E-state index contributed by atoms with van der Waals surface area (Å²) in [4.78, 5) is 11.5. The van der Waals surface area contributed by atoms with Crippen LogP contribution in [0.4, 0.5) is 13.2 Å². The standard InChI is InChI=1S/C13H15F3O2/c1-4-11(17)9-5-6-10(13(14,15)16)12(7-9)18-8(2)3/h5-8H,4H2,1-3H3. The number of halogens is 3. The number of alkyl halides is 3. The highest BCUT2D eigenvalue weighted by Gasteiger charge is 2.34. The van der Waals surface area contributed by atoms with Crippen LogP contribution in [0.15, 0.2) is 18.2 Å². The molecule has 1 aromatic rings. The molecule has 0 fully saturated rings. The van der Waals surface area contributed by atoms with Crippen molar-refractivity contribution in [1.82, 2.24) is 0 Å². The van der Waals surface area contributed by atoms with Crippen LogP contribution in [0, 0.1) is 0 Å². The van der Waals surface area contributed by atoms with Crippen molar-refractivity contribution in [3.63, 3.8) is 0 Å². The van der Waals surface area contributed by atoms with Gasteiger partial charge in [-0.05, 0) is 26.0 Å². The van der Waals surface area contributed by atoms with Crippen LogP contribution in [0.5, 0.6) is 5.75 Å². The van der Waals surface area contributed by atoms with E-state index in [0.29, 0.717) is 0 Å². The van der Waals surface area contributed by atoms with Crippen molar-refractivity contribution in [2.75, 3.05) is 0 Å². The molecule has 0 aromatic heterocycles. The Balaban J connectivity index is 3.25. The lowest BCUT2D eigenvalue weighted by Gasteiger charge is -2.17. The molecule has 1 rings (SSSR count). The maximum absolute atomic E-state index is 12.7. The van der Waals surface area contributed by atoms with Crippen LogP contribution < -0.4 is 4.74 Å². The molecule has 0 saturated carbocycles. The lowest BCUT2D eigenvalue weighted by Crippen LogP contribution is -2.13. The molecule has 0 atom stereocenters. The van der Waals surface area contributed by atoms with Gasteiger partial charge in [0.25, 0.3) is 0 Å². The second kappa shape index (κ2) is 5.42. The Morgan fingerprint density at radius 3 is 2.39 bits per heavy atom. The Morgan fingerprint density at radius 2 is 1.94 bits per heavy atom. The zero-order chi connectivity index (χ0) is 13.9. The van der Waals surface area contributed by atoms with Crippen molar-refractivity contribution in [3.8, 4) is 5.75 Å². The number of hydrogen-bond acceptors (Lipinski definition) is 2. The number of benzene rings is 1. The average molecular weight is 260 g/mol. The van der Waals surface area contributed by atoms with Crippen LogP contribution in [-0.2, 0) is 6.18 Å². The molecule has 18 heavy (non-hydrogen) atoms. The Labute approximate surface area is 104 Å². The van der Waals surface area contributed by atoms with Crippen LogP contribution in [0.1, 0.15) is 43.1 Å². The minimum atomic E-state index is -4.49. The summed E-state index contributed by atoms with van der Waals surface area (Å²) in [5, 5.41) is 0. The molecule has 0 aliphatic heterocycles. The second-order valence-electron chi connectivity index (χ2n) is 4.15. The summed E-state index contributed by atoms with van der Waals surface area (Å²) in [6, 6.07) is 3.23. The van der Waals surface area contributed by atoms with E-state index in [0.717, 1.165) is 12.1 Å². The average Bonchev–Trinajstić information content (AvgIpc) is 2.25. The SMILES string of the molecule is CCC(=O)c1ccc(C(F)(F)F)c(OC(C)C)c1. The maximum atomic E-state index is 12.7. The van der Waals surface area contributed by atoms with Crippen LogP contribution in [0.2, 0.25) is 0 Å². The highest BCUT2D eigenvalue weighted by Crippen LogP contribution is 2.37. The van der Waals surface area contributed by atoms with Gasteiger partial charge in [0.05, 0.1) is 11.7 Å². The number of carbonyl (C=O) groups is 1. The molecule has 0 saturated heterocycles. The van der Waals surface area contributed by atoms with Gasteiger partial charge in [-0.25, -0.2) is 0 Å². The van der Waals surface area contributed by atoms with Crippen LogP contribution >= 0.6 is 0 Å². The van der Waals surface area contributed by atoms with Crippen molar-refractivity contribution >= 4 is 5.78 Å². The van der Waals surface area contributed by atoms with Gasteiger partial charge < -0.3 is 4.74 Å². The molecule has 0 radical (unpaired) electrons. The molecule has 2 nitrogen and oxygen atoms in total. The maximum Gasteiger partial charge on any atom is 0.419 e. The first-order valence-corrected chi connectivity index (χ1v) is 5.66. The van der Waals surface area contributed by atoms with Gasteiger partial charge in [-0.3, -0.25) is 4.79 Å². The van der Waals surface area contributed by atoms with Gasteiger partial charge in [0, 0.05) is 12.0 Å². The second-order valence-corrected chi connectivity index (χ2v) is 4.15. The summed E-state index contributed by atoms with van der Waals surface area (Å²) in [5.41, 5.74) is -0.620. The van der Waals surface area contributed by atoms with Crippen molar-refractivity contribution in [2.45, 2.75) is 39.5 Å². The summed E-state index contributed by atoms with van der Waals surface area (Å²) in [6.07, 6.45) is -4.64. The van der Waals surface area contributed by atoms with E-state index in [2.05, 4.69) is 0 Å². The topological polar surface area (TPSA) is 26.3 Å². The van der Waals surface area contributed by atoms with E-state index in [1.54, 1.807) is 20.8 Å². The molecule has 0 unspecified atom stereocenters. The van der Waals surface area contributed by atoms with Crippen molar-refractivity contribution < 1.29 is 22.7 Å². The highest BCUT2D eigenvalue weighted by atomic mass is 19.4. The van der Waals surface area contributed by atoms with Gasteiger partial charge in [-0.1, -0.05) is 13.0 Å². The summed E-state index contributed by atoms with van der Waals surface area (Å²) < 4.78 is 43.4. The third-order valence-electron chi connectivity index (χ3n) is 2.29. The Hall–Kier alpha value is -1.52. The highest BCUT2D eigenvalue weighted by molar-refractivity contribution is 5.96. The quantitative estimate of drug-likeness (QED) is 0.762. The third-order valence-corrected chi connectivity index (χ3v) is 2.29. The Bertz CT molecular complexity index is 436. The van der Waals surface area contributed by atoms with Crippen molar-refractivity contribution in [3.05, 3.63) is 29.3 Å². The van der Waals surface area contributed by atoms with Crippen LogP contribution in [0.3, 0.4) is 0 Å². The molecule has 100 valence electrons. The number of hydrogen-bond donors (Lipinski definition) is 0.